The Morgan fingerprint density at radius 3 is 2.88 bits per heavy atom. The first-order valence-corrected chi connectivity index (χ1v) is 8.42. The molecule has 2 amide bonds. The van der Waals surface area contributed by atoms with Gasteiger partial charge >= 0.3 is 0 Å². The summed E-state index contributed by atoms with van der Waals surface area (Å²) in [7, 11) is 0. The van der Waals surface area contributed by atoms with Gasteiger partial charge in [0.05, 0.1) is 6.10 Å². The first-order valence-electron chi connectivity index (χ1n) is 8.42. The van der Waals surface area contributed by atoms with Crippen molar-refractivity contribution >= 4 is 22.7 Å². The Kier molecular flexibility index (Phi) is 5.48. The highest BCUT2D eigenvalue weighted by Crippen LogP contribution is 2.17. The maximum Gasteiger partial charge on any atom is 0.229 e. The molecule has 24 heavy (non-hydrogen) atoms. The average Bonchev–Trinajstić information content (AvgIpc) is 3.23. The zero-order valence-electron chi connectivity index (χ0n) is 13.6. The van der Waals surface area contributed by atoms with E-state index in [9.17, 15) is 9.59 Å². The van der Waals surface area contributed by atoms with Gasteiger partial charge in [-0.05, 0) is 30.9 Å². The van der Waals surface area contributed by atoms with Gasteiger partial charge in [-0.3, -0.25) is 9.59 Å². The third-order valence-electron chi connectivity index (χ3n) is 4.26. The van der Waals surface area contributed by atoms with Crippen molar-refractivity contribution in [1.82, 2.24) is 15.6 Å². The minimum absolute atomic E-state index is 0.0962. The molecule has 128 valence electrons. The third kappa shape index (κ3) is 4.35. The number of hydrogen-bond donors (Lipinski definition) is 3. The van der Waals surface area contributed by atoms with Crippen LogP contribution in [0.1, 0.15) is 24.8 Å². The predicted octanol–water partition coefficient (Wildman–Crippen LogP) is 1.51. The van der Waals surface area contributed by atoms with Crippen molar-refractivity contribution in [2.24, 2.45) is 0 Å². The van der Waals surface area contributed by atoms with Crippen molar-refractivity contribution < 1.29 is 14.3 Å². The quantitative estimate of drug-likeness (QED) is 0.673. The minimum atomic E-state index is -0.255. The Balaban J connectivity index is 1.37. The molecule has 1 atom stereocenters. The van der Waals surface area contributed by atoms with Gasteiger partial charge in [0.25, 0.3) is 0 Å². The van der Waals surface area contributed by atoms with Crippen molar-refractivity contribution in [1.29, 1.82) is 0 Å². The van der Waals surface area contributed by atoms with E-state index in [1.807, 2.05) is 24.4 Å². The van der Waals surface area contributed by atoms with Gasteiger partial charge in [-0.15, -0.1) is 0 Å². The number of amides is 2. The smallest absolute Gasteiger partial charge is 0.229 e. The monoisotopic (exact) mass is 329 g/mol. The normalized spacial score (nSPS) is 17.1. The van der Waals surface area contributed by atoms with Gasteiger partial charge in [0.15, 0.2) is 0 Å². The number of carbonyl (C=O) groups excluding carboxylic acids is 2. The number of H-pyrrole nitrogens is 1. The fourth-order valence-corrected chi connectivity index (χ4v) is 2.98. The van der Waals surface area contributed by atoms with Gasteiger partial charge in [-0.2, -0.15) is 0 Å². The van der Waals surface area contributed by atoms with Crippen molar-refractivity contribution in [2.45, 2.75) is 31.8 Å². The summed E-state index contributed by atoms with van der Waals surface area (Å²) in [5.41, 5.74) is 2.25. The van der Waals surface area contributed by atoms with E-state index in [1.165, 1.54) is 5.39 Å². The van der Waals surface area contributed by atoms with Gasteiger partial charge in [-0.25, -0.2) is 0 Å². The van der Waals surface area contributed by atoms with Crippen LogP contribution in [0.15, 0.2) is 30.5 Å². The number of ether oxygens (including phenoxy) is 1. The van der Waals surface area contributed by atoms with Crippen LogP contribution in [0.3, 0.4) is 0 Å². The summed E-state index contributed by atoms with van der Waals surface area (Å²) in [5.74, 6) is -0.505. The Labute approximate surface area is 141 Å². The summed E-state index contributed by atoms with van der Waals surface area (Å²) >= 11 is 0. The molecular formula is C18H23N3O3. The standard InChI is InChI=1S/C18H23N3O3/c22-17(10-18(23)21-12-14-4-3-9-24-14)19-8-7-13-11-20-16-6-2-1-5-15(13)16/h1-2,5-6,11,14,20H,3-4,7-10,12H2,(H,19,22)(H,21,23). The molecule has 6 nitrogen and oxygen atoms in total. The molecular weight excluding hydrogens is 306 g/mol. The van der Waals surface area contributed by atoms with Crippen LogP contribution >= 0.6 is 0 Å². The molecule has 1 unspecified atom stereocenters. The SMILES string of the molecule is O=C(CC(=O)NCC1CCCO1)NCCc1c[nH]c2ccccc12. The largest absolute Gasteiger partial charge is 0.376 e. The van der Waals surface area contributed by atoms with Crippen LogP contribution in [0.25, 0.3) is 10.9 Å². The van der Waals surface area contributed by atoms with Gasteiger partial charge < -0.3 is 20.4 Å². The Hall–Kier alpha value is -2.34. The van der Waals surface area contributed by atoms with Crippen molar-refractivity contribution in [2.75, 3.05) is 19.7 Å². The molecule has 1 aliphatic rings. The molecule has 0 radical (unpaired) electrons. The molecule has 6 heteroatoms. The number of aromatic amines is 1. The Bertz CT molecular complexity index is 704. The molecule has 3 N–H and O–H groups in total. The zero-order valence-corrected chi connectivity index (χ0v) is 13.6. The van der Waals surface area contributed by atoms with Crippen LogP contribution in [0.2, 0.25) is 0 Å². The Morgan fingerprint density at radius 1 is 1.21 bits per heavy atom. The van der Waals surface area contributed by atoms with Crippen LogP contribution in [0, 0.1) is 0 Å². The highest BCUT2D eigenvalue weighted by atomic mass is 16.5. The number of rotatable bonds is 7. The molecule has 2 aromatic rings. The van der Waals surface area contributed by atoms with E-state index in [0.29, 0.717) is 13.1 Å². The maximum absolute atomic E-state index is 11.8. The highest BCUT2D eigenvalue weighted by molar-refractivity contribution is 5.96. The molecule has 2 heterocycles. The highest BCUT2D eigenvalue weighted by Gasteiger charge is 2.17. The molecule has 0 saturated carbocycles. The molecule has 1 aliphatic heterocycles. The molecule has 1 aromatic carbocycles. The van der Waals surface area contributed by atoms with Gasteiger partial charge in [0.1, 0.15) is 6.42 Å². The zero-order chi connectivity index (χ0) is 16.8. The molecule has 0 spiro atoms. The number of carbonyl (C=O) groups is 2. The van der Waals surface area contributed by atoms with Crippen molar-refractivity contribution in [3.05, 3.63) is 36.0 Å². The summed E-state index contributed by atoms with van der Waals surface area (Å²) in [6, 6.07) is 8.06. The summed E-state index contributed by atoms with van der Waals surface area (Å²) in [4.78, 5) is 26.8. The molecule has 1 aromatic heterocycles. The lowest BCUT2D eigenvalue weighted by Crippen LogP contribution is -2.36. The molecule has 3 rings (SSSR count). The van der Waals surface area contributed by atoms with Gasteiger partial charge in [-0.1, -0.05) is 18.2 Å². The van der Waals surface area contributed by atoms with E-state index < -0.39 is 0 Å². The summed E-state index contributed by atoms with van der Waals surface area (Å²) in [6.45, 7) is 1.76. The number of benzene rings is 1. The second-order valence-corrected chi connectivity index (χ2v) is 6.08. The van der Waals surface area contributed by atoms with Crippen molar-refractivity contribution in [3.63, 3.8) is 0 Å². The molecule has 1 fully saturated rings. The summed E-state index contributed by atoms with van der Waals surface area (Å²) in [5, 5.41) is 6.72. The van der Waals surface area contributed by atoms with Crippen LogP contribution in [-0.2, 0) is 20.7 Å². The number of aromatic nitrogens is 1. The van der Waals surface area contributed by atoms with E-state index in [4.69, 9.17) is 4.74 Å². The van der Waals surface area contributed by atoms with E-state index in [1.54, 1.807) is 0 Å². The predicted molar refractivity (Wildman–Crippen MR) is 91.6 cm³/mol. The third-order valence-corrected chi connectivity index (χ3v) is 4.26. The van der Waals surface area contributed by atoms with Gasteiger partial charge in [0.2, 0.25) is 11.8 Å². The number of nitrogens with one attached hydrogen (secondary N) is 3. The molecule has 0 aliphatic carbocycles. The van der Waals surface area contributed by atoms with E-state index in [2.05, 4.69) is 21.7 Å². The second-order valence-electron chi connectivity index (χ2n) is 6.08. The first kappa shape index (κ1) is 16.5. The van der Waals surface area contributed by atoms with E-state index in [-0.39, 0.29) is 24.3 Å². The van der Waals surface area contributed by atoms with Crippen LogP contribution < -0.4 is 10.6 Å². The Morgan fingerprint density at radius 2 is 2.04 bits per heavy atom. The fraction of sp³-hybridized carbons (Fsp3) is 0.444. The lowest BCUT2D eigenvalue weighted by atomic mass is 10.1. The first-order chi connectivity index (χ1) is 11.7. The van der Waals surface area contributed by atoms with E-state index in [0.717, 1.165) is 36.9 Å². The molecule has 1 saturated heterocycles. The summed E-state index contributed by atoms with van der Waals surface area (Å²) in [6.07, 6.45) is 4.66. The van der Waals surface area contributed by atoms with Crippen LogP contribution in [-0.4, -0.2) is 42.6 Å². The van der Waals surface area contributed by atoms with E-state index >= 15 is 0 Å². The topological polar surface area (TPSA) is 83.2 Å². The lowest BCUT2D eigenvalue weighted by Gasteiger charge is -2.10. The van der Waals surface area contributed by atoms with Crippen LogP contribution in [0.5, 0.6) is 0 Å². The van der Waals surface area contributed by atoms with Crippen molar-refractivity contribution in [3.8, 4) is 0 Å². The van der Waals surface area contributed by atoms with Crippen LogP contribution in [0.4, 0.5) is 0 Å². The number of para-hydroxylation sites is 1. The maximum atomic E-state index is 11.8. The minimum Gasteiger partial charge on any atom is -0.376 e. The number of fused-ring (bicyclic) bond motifs is 1. The average molecular weight is 329 g/mol. The fourth-order valence-electron chi connectivity index (χ4n) is 2.98. The lowest BCUT2D eigenvalue weighted by molar-refractivity contribution is -0.129. The summed E-state index contributed by atoms with van der Waals surface area (Å²) < 4.78 is 5.43. The van der Waals surface area contributed by atoms with Gasteiger partial charge in [0, 0.05) is 36.8 Å². The molecule has 0 bridgehead atoms. The number of hydrogen-bond acceptors (Lipinski definition) is 3. The second kappa shape index (κ2) is 7.97.